The van der Waals surface area contributed by atoms with E-state index in [0.29, 0.717) is 0 Å². The van der Waals surface area contributed by atoms with Crippen LogP contribution in [0.25, 0.3) is 10.9 Å². The van der Waals surface area contributed by atoms with Gasteiger partial charge in [-0.25, -0.2) is 0 Å². The minimum absolute atomic E-state index is 0.779. The molecule has 1 saturated heterocycles. The van der Waals surface area contributed by atoms with Crippen molar-refractivity contribution in [1.82, 2.24) is 9.88 Å². The lowest BCUT2D eigenvalue weighted by Gasteiger charge is -2.17. The van der Waals surface area contributed by atoms with E-state index in [0.717, 1.165) is 36.0 Å². The molecule has 0 bridgehead atoms. The molecule has 0 radical (unpaired) electrons. The number of likely N-dealkylation sites (tertiary alicyclic amines) is 1. The summed E-state index contributed by atoms with van der Waals surface area (Å²) in [6, 6.07) is 10.7. The number of nitrogens with zero attached hydrogens (tertiary/aromatic N) is 2. The van der Waals surface area contributed by atoms with E-state index < -0.39 is 0 Å². The largest absolute Gasteiger partial charge is 0.299 e. The van der Waals surface area contributed by atoms with E-state index in [1.165, 1.54) is 30.5 Å². The van der Waals surface area contributed by atoms with Crippen molar-refractivity contribution in [2.75, 3.05) is 19.0 Å². The zero-order chi connectivity index (χ0) is 13.9. The molecule has 0 amide bonds. The lowest BCUT2D eigenvalue weighted by Crippen LogP contribution is -2.20. The number of aromatic nitrogens is 1. The van der Waals surface area contributed by atoms with Crippen LogP contribution in [0.3, 0.4) is 0 Å². The average molecular weight is 289 g/mol. The summed E-state index contributed by atoms with van der Waals surface area (Å²) in [5.41, 5.74) is 3.62. The van der Waals surface area contributed by atoms with Crippen molar-refractivity contribution in [1.29, 1.82) is 0 Å². The Morgan fingerprint density at radius 3 is 3.05 bits per heavy atom. The molecule has 2 nitrogen and oxygen atoms in total. The van der Waals surface area contributed by atoms with Gasteiger partial charge in [0.2, 0.25) is 0 Å². The van der Waals surface area contributed by atoms with E-state index >= 15 is 0 Å². The molecule has 2 aromatic rings. The lowest BCUT2D eigenvalue weighted by atomic mass is 10.1. The molecule has 2 heterocycles. The molecule has 3 heteroatoms. The first kappa shape index (κ1) is 13.8. The molecule has 20 heavy (non-hydrogen) atoms. The van der Waals surface area contributed by atoms with Gasteiger partial charge in [-0.2, -0.15) is 0 Å². The van der Waals surface area contributed by atoms with Crippen LogP contribution < -0.4 is 0 Å². The van der Waals surface area contributed by atoms with Gasteiger partial charge in [0.15, 0.2) is 0 Å². The van der Waals surface area contributed by atoms with Crippen LogP contribution in [0.1, 0.15) is 24.1 Å². The van der Waals surface area contributed by atoms with Gasteiger partial charge in [-0.05, 0) is 49.9 Å². The van der Waals surface area contributed by atoms with Crippen LogP contribution in [-0.2, 0) is 6.54 Å². The third-order valence-corrected chi connectivity index (χ3v) is 4.43. The standard InChI is InChI=1S/C17H21ClN2/c1-13-10-15(16-4-2-3-5-17(16)19-13)12-20-9-7-14(11-20)6-8-18/h2-5,10,14H,6-9,11-12H2,1H3. The fourth-order valence-corrected chi connectivity index (χ4v) is 3.52. The Kier molecular flexibility index (Phi) is 4.23. The average Bonchev–Trinajstić information content (AvgIpc) is 2.86. The van der Waals surface area contributed by atoms with Crippen LogP contribution in [0.2, 0.25) is 0 Å². The molecular formula is C17H21ClN2. The second-order valence-corrected chi connectivity index (χ2v) is 6.19. The molecule has 1 aliphatic heterocycles. The number of halogens is 1. The van der Waals surface area contributed by atoms with Crippen molar-refractivity contribution in [2.45, 2.75) is 26.3 Å². The third-order valence-electron chi connectivity index (χ3n) is 4.21. The Hall–Kier alpha value is -1.12. The second-order valence-electron chi connectivity index (χ2n) is 5.81. The minimum Gasteiger partial charge on any atom is -0.299 e. The summed E-state index contributed by atoms with van der Waals surface area (Å²) >= 11 is 5.86. The first-order valence-corrected chi connectivity index (χ1v) is 7.93. The number of aryl methyl sites for hydroxylation is 1. The summed E-state index contributed by atoms with van der Waals surface area (Å²) < 4.78 is 0. The van der Waals surface area contributed by atoms with Gasteiger partial charge in [-0.1, -0.05) is 18.2 Å². The Morgan fingerprint density at radius 2 is 2.20 bits per heavy atom. The Bertz CT molecular complexity index is 597. The molecule has 1 unspecified atom stereocenters. The molecule has 0 N–H and O–H groups in total. The third kappa shape index (κ3) is 2.97. The molecule has 1 aromatic heterocycles. The highest BCUT2D eigenvalue weighted by atomic mass is 35.5. The SMILES string of the molecule is Cc1cc(CN2CCC(CCCl)C2)c2ccccc2n1. The number of pyridine rings is 1. The van der Waals surface area contributed by atoms with Crippen molar-refractivity contribution >= 4 is 22.5 Å². The fraction of sp³-hybridized carbons (Fsp3) is 0.471. The van der Waals surface area contributed by atoms with Gasteiger partial charge in [-0.15, -0.1) is 11.6 Å². The summed E-state index contributed by atoms with van der Waals surface area (Å²) in [5.74, 6) is 1.57. The monoisotopic (exact) mass is 288 g/mol. The highest BCUT2D eigenvalue weighted by molar-refractivity contribution is 6.17. The molecule has 1 aliphatic rings. The second kappa shape index (κ2) is 6.11. The number of para-hydroxylation sites is 1. The van der Waals surface area contributed by atoms with Crippen molar-refractivity contribution in [3.63, 3.8) is 0 Å². The Morgan fingerprint density at radius 1 is 1.35 bits per heavy atom. The van der Waals surface area contributed by atoms with Gasteiger partial charge >= 0.3 is 0 Å². The van der Waals surface area contributed by atoms with Crippen LogP contribution in [0.15, 0.2) is 30.3 Å². The zero-order valence-corrected chi connectivity index (χ0v) is 12.7. The maximum absolute atomic E-state index is 5.86. The highest BCUT2D eigenvalue weighted by Gasteiger charge is 2.22. The summed E-state index contributed by atoms with van der Waals surface area (Å²) in [4.78, 5) is 7.17. The van der Waals surface area contributed by atoms with Crippen LogP contribution in [0, 0.1) is 12.8 Å². The smallest absolute Gasteiger partial charge is 0.0708 e. The van der Waals surface area contributed by atoms with E-state index in [-0.39, 0.29) is 0 Å². The number of hydrogen-bond donors (Lipinski definition) is 0. The van der Waals surface area contributed by atoms with E-state index in [1.54, 1.807) is 0 Å². The Labute approximate surface area is 125 Å². The van der Waals surface area contributed by atoms with Gasteiger partial charge < -0.3 is 0 Å². The molecule has 0 saturated carbocycles. The van der Waals surface area contributed by atoms with E-state index in [4.69, 9.17) is 11.6 Å². The highest BCUT2D eigenvalue weighted by Crippen LogP contribution is 2.25. The Balaban J connectivity index is 1.81. The molecule has 3 rings (SSSR count). The summed E-state index contributed by atoms with van der Waals surface area (Å²) in [6.07, 6.45) is 2.43. The predicted octanol–water partition coefficient (Wildman–Crippen LogP) is 3.99. The quantitative estimate of drug-likeness (QED) is 0.791. The maximum atomic E-state index is 5.86. The van der Waals surface area contributed by atoms with Crippen LogP contribution >= 0.6 is 11.6 Å². The van der Waals surface area contributed by atoms with E-state index in [2.05, 4.69) is 47.1 Å². The molecule has 1 aromatic carbocycles. The van der Waals surface area contributed by atoms with E-state index in [1.807, 2.05) is 0 Å². The fourth-order valence-electron chi connectivity index (χ4n) is 3.21. The maximum Gasteiger partial charge on any atom is 0.0708 e. The predicted molar refractivity (Wildman–Crippen MR) is 85.2 cm³/mol. The van der Waals surface area contributed by atoms with Crippen LogP contribution in [-0.4, -0.2) is 28.9 Å². The first-order valence-electron chi connectivity index (χ1n) is 7.40. The van der Waals surface area contributed by atoms with Crippen LogP contribution in [0.4, 0.5) is 0 Å². The normalized spacial score (nSPS) is 19.8. The number of fused-ring (bicyclic) bond motifs is 1. The molecular weight excluding hydrogens is 268 g/mol. The molecule has 106 valence electrons. The van der Waals surface area contributed by atoms with Crippen molar-refractivity contribution in [2.24, 2.45) is 5.92 Å². The number of hydrogen-bond acceptors (Lipinski definition) is 2. The topological polar surface area (TPSA) is 16.1 Å². The number of benzene rings is 1. The van der Waals surface area contributed by atoms with Crippen molar-refractivity contribution in [3.05, 3.63) is 41.6 Å². The van der Waals surface area contributed by atoms with Gasteiger partial charge in [-0.3, -0.25) is 9.88 Å². The van der Waals surface area contributed by atoms with Gasteiger partial charge in [0.05, 0.1) is 5.52 Å². The number of alkyl halides is 1. The zero-order valence-electron chi connectivity index (χ0n) is 12.0. The van der Waals surface area contributed by atoms with Gasteiger partial charge in [0, 0.05) is 30.0 Å². The minimum atomic E-state index is 0.779. The summed E-state index contributed by atoms with van der Waals surface area (Å²) in [5, 5.41) is 1.29. The lowest BCUT2D eigenvalue weighted by molar-refractivity contribution is 0.316. The number of rotatable bonds is 4. The van der Waals surface area contributed by atoms with Crippen molar-refractivity contribution in [3.8, 4) is 0 Å². The molecule has 0 spiro atoms. The summed E-state index contributed by atoms with van der Waals surface area (Å²) in [7, 11) is 0. The van der Waals surface area contributed by atoms with E-state index in [9.17, 15) is 0 Å². The van der Waals surface area contributed by atoms with Gasteiger partial charge in [0.1, 0.15) is 0 Å². The first-order chi connectivity index (χ1) is 9.76. The molecule has 1 atom stereocenters. The molecule has 0 aliphatic carbocycles. The molecule has 1 fully saturated rings. The van der Waals surface area contributed by atoms with Gasteiger partial charge in [0.25, 0.3) is 0 Å². The summed E-state index contributed by atoms with van der Waals surface area (Å²) in [6.45, 7) is 5.48. The van der Waals surface area contributed by atoms with Crippen LogP contribution in [0.5, 0.6) is 0 Å². The van der Waals surface area contributed by atoms with Crippen molar-refractivity contribution < 1.29 is 0 Å².